The first kappa shape index (κ1) is 16.3. The standard InChI is InChI=1S/C17H25N3O2/c1-12(2)16(21)18-10-11-19-17(22)20-15(14-8-9-14)13-6-4-3-5-7-13/h3-7,12,14-15H,8-11H2,1-2H3,(H,18,21)(H2,19,20,22)/t15-/m0/s1. The summed E-state index contributed by atoms with van der Waals surface area (Å²) in [6, 6.07) is 9.95. The molecule has 3 amide bonds. The molecule has 0 saturated heterocycles. The molecule has 22 heavy (non-hydrogen) atoms. The van der Waals surface area contributed by atoms with Gasteiger partial charge in [-0.3, -0.25) is 4.79 Å². The van der Waals surface area contributed by atoms with Crippen LogP contribution in [0.4, 0.5) is 4.79 Å². The molecule has 3 N–H and O–H groups in total. The monoisotopic (exact) mass is 303 g/mol. The molecular weight excluding hydrogens is 278 g/mol. The Kier molecular flexibility index (Phi) is 5.81. The number of benzene rings is 1. The average Bonchev–Trinajstić information content (AvgIpc) is 3.34. The van der Waals surface area contributed by atoms with E-state index in [0.29, 0.717) is 19.0 Å². The van der Waals surface area contributed by atoms with E-state index in [4.69, 9.17) is 0 Å². The summed E-state index contributed by atoms with van der Waals surface area (Å²) in [7, 11) is 0. The van der Waals surface area contributed by atoms with Crippen LogP contribution in [0.3, 0.4) is 0 Å². The molecule has 1 saturated carbocycles. The Hall–Kier alpha value is -2.04. The molecule has 1 aromatic carbocycles. The lowest BCUT2D eigenvalue weighted by Crippen LogP contribution is -2.42. The second-order valence-electron chi connectivity index (χ2n) is 6.07. The first-order valence-corrected chi connectivity index (χ1v) is 7.95. The lowest BCUT2D eigenvalue weighted by atomic mass is 10.0. The lowest BCUT2D eigenvalue weighted by molar-refractivity contribution is -0.123. The number of hydrogen-bond donors (Lipinski definition) is 3. The van der Waals surface area contributed by atoms with Crippen molar-refractivity contribution in [2.24, 2.45) is 11.8 Å². The van der Waals surface area contributed by atoms with Crippen LogP contribution >= 0.6 is 0 Å². The van der Waals surface area contributed by atoms with Gasteiger partial charge in [0.2, 0.25) is 5.91 Å². The Morgan fingerprint density at radius 1 is 1.09 bits per heavy atom. The largest absolute Gasteiger partial charge is 0.354 e. The summed E-state index contributed by atoms with van der Waals surface area (Å²) in [6.45, 7) is 4.56. The number of rotatable bonds is 7. The van der Waals surface area contributed by atoms with Crippen LogP contribution in [0.25, 0.3) is 0 Å². The number of carbonyl (C=O) groups is 2. The van der Waals surface area contributed by atoms with Crippen molar-refractivity contribution in [3.05, 3.63) is 35.9 Å². The zero-order valence-corrected chi connectivity index (χ0v) is 13.3. The molecule has 5 nitrogen and oxygen atoms in total. The fourth-order valence-electron chi connectivity index (χ4n) is 2.32. The van der Waals surface area contributed by atoms with Crippen molar-refractivity contribution in [1.82, 2.24) is 16.0 Å². The van der Waals surface area contributed by atoms with E-state index in [0.717, 1.165) is 18.4 Å². The Morgan fingerprint density at radius 3 is 2.32 bits per heavy atom. The molecule has 0 bridgehead atoms. The van der Waals surface area contributed by atoms with Gasteiger partial charge in [0, 0.05) is 19.0 Å². The van der Waals surface area contributed by atoms with Crippen molar-refractivity contribution >= 4 is 11.9 Å². The Labute approximate surface area is 131 Å². The molecule has 5 heteroatoms. The first-order chi connectivity index (χ1) is 10.6. The molecule has 1 atom stereocenters. The summed E-state index contributed by atoms with van der Waals surface area (Å²) >= 11 is 0. The summed E-state index contributed by atoms with van der Waals surface area (Å²) in [6.07, 6.45) is 2.31. The lowest BCUT2D eigenvalue weighted by Gasteiger charge is -2.19. The maximum atomic E-state index is 12.0. The molecule has 1 aromatic rings. The van der Waals surface area contributed by atoms with E-state index < -0.39 is 0 Å². The van der Waals surface area contributed by atoms with Crippen molar-refractivity contribution in [3.8, 4) is 0 Å². The van der Waals surface area contributed by atoms with E-state index in [1.165, 1.54) is 0 Å². The second-order valence-corrected chi connectivity index (χ2v) is 6.07. The van der Waals surface area contributed by atoms with Crippen molar-refractivity contribution in [1.29, 1.82) is 0 Å². The Morgan fingerprint density at radius 2 is 1.73 bits per heavy atom. The van der Waals surface area contributed by atoms with Crippen LogP contribution in [0, 0.1) is 11.8 Å². The first-order valence-electron chi connectivity index (χ1n) is 7.95. The van der Waals surface area contributed by atoms with Gasteiger partial charge in [-0.25, -0.2) is 4.79 Å². The van der Waals surface area contributed by atoms with Gasteiger partial charge in [0.15, 0.2) is 0 Å². The van der Waals surface area contributed by atoms with Gasteiger partial charge in [-0.05, 0) is 24.3 Å². The van der Waals surface area contributed by atoms with Crippen LogP contribution in [-0.4, -0.2) is 25.0 Å². The predicted molar refractivity (Wildman–Crippen MR) is 86.3 cm³/mol. The predicted octanol–water partition coefficient (Wildman–Crippen LogP) is 2.21. The molecular formula is C17H25N3O2. The van der Waals surface area contributed by atoms with E-state index in [9.17, 15) is 9.59 Å². The van der Waals surface area contributed by atoms with Crippen molar-refractivity contribution < 1.29 is 9.59 Å². The minimum absolute atomic E-state index is 0.00218. The fourth-order valence-corrected chi connectivity index (χ4v) is 2.32. The van der Waals surface area contributed by atoms with Crippen molar-refractivity contribution in [2.45, 2.75) is 32.7 Å². The number of carbonyl (C=O) groups excluding carboxylic acids is 2. The quantitative estimate of drug-likeness (QED) is 0.676. The third kappa shape index (κ3) is 5.06. The third-order valence-corrected chi connectivity index (χ3v) is 3.77. The maximum Gasteiger partial charge on any atom is 0.315 e. The summed E-state index contributed by atoms with van der Waals surface area (Å²) in [5.41, 5.74) is 1.15. The molecule has 1 aliphatic carbocycles. The smallest absolute Gasteiger partial charge is 0.315 e. The van der Waals surface area contributed by atoms with Gasteiger partial charge in [0.05, 0.1) is 6.04 Å². The molecule has 0 aromatic heterocycles. The fraction of sp³-hybridized carbons (Fsp3) is 0.529. The maximum absolute atomic E-state index is 12.0. The highest BCUT2D eigenvalue weighted by atomic mass is 16.2. The Balaban J connectivity index is 1.74. The average molecular weight is 303 g/mol. The van der Waals surface area contributed by atoms with Crippen LogP contribution in [0.2, 0.25) is 0 Å². The van der Waals surface area contributed by atoms with E-state index in [1.807, 2.05) is 44.2 Å². The van der Waals surface area contributed by atoms with E-state index in [1.54, 1.807) is 0 Å². The van der Waals surface area contributed by atoms with E-state index in [-0.39, 0.29) is 23.9 Å². The number of hydrogen-bond acceptors (Lipinski definition) is 2. The molecule has 120 valence electrons. The van der Waals surface area contributed by atoms with Crippen LogP contribution in [-0.2, 0) is 4.79 Å². The van der Waals surface area contributed by atoms with Gasteiger partial charge < -0.3 is 16.0 Å². The van der Waals surface area contributed by atoms with Crippen LogP contribution in [0.15, 0.2) is 30.3 Å². The highest BCUT2D eigenvalue weighted by Crippen LogP contribution is 2.40. The zero-order chi connectivity index (χ0) is 15.9. The number of nitrogens with one attached hydrogen (secondary N) is 3. The molecule has 0 aliphatic heterocycles. The summed E-state index contributed by atoms with van der Waals surface area (Å²) in [5.74, 6) is 0.502. The van der Waals surface area contributed by atoms with Gasteiger partial charge in [-0.2, -0.15) is 0 Å². The zero-order valence-electron chi connectivity index (χ0n) is 13.3. The minimum atomic E-state index is -0.181. The van der Waals surface area contributed by atoms with Crippen LogP contribution in [0.1, 0.15) is 38.3 Å². The second kappa shape index (κ2) is 7.82. The molecule has 0 radical (unpaired) electrons. The van der Waals surface area contributed by atoms with Gasteiger partial charge >= 0.3 is 6.03 Å². The van der Waals surface area contributed by atoms with E-state index >= 15 is 0 Å². The van der Waals surface area contributed by atoms with Gasteiger partial charge in [0.25, 0.3) is 0 Å². The van der Waals surface area contributed by atoms with E-state index in [2.05, 4.69) is 16.0 Å². The van der Waals surface area contributed by atoms with Crippen LogP contribution < -0.4 is 16.0 Å². The van der Waals surface area contributed by atoms with Crippen molar-refractivity contribution in [3.63, 3.8) is 0 Å². The van der Waals surface area contributed by atoms with Crippen LogP contribution in [0.5, 0.6) is 0 Å². The summed E-state index contributed by atoms with van der Waals surface area (Å²) in [4.78, 5) is 23.4. The summed E-state index contributed by atoms with van der Waals surface area (Å²) in [5, 5.41) is 8.61. The number of urea groups is 1. The molecule has 1 aliphatic rings. The molecule has 0 spiro atoms. The molecule has 2 rings (SSSR count). The minimum Gasteiger partial charge on any atom is -0.354 e. The summed E-state index contributed by atoms with van der Waals surface area (Å²) < 4.78 is 0. The molecule has 0 unspecified atom stereocenters. The molecule has 0 heterocycles. The van der Waals surface area contributed by atoms with Gasteiger partial charge in [0.1, 0.15) is 0 Å². The highest BCUT2D eigenvalue weighted by Gasteiger charge is 2.33. The normalized spacial score (nSPS) is 15.2. The topological polar surface area (TPSA) is 70.2 Å². The SMILES string of the molecule is CC(C)C(=O)NCCNC(=O)N[C@@H](c1ccccc1)C1CC1. The highest BCUT2D eigenvalue weighted by molar-refractivity contribution is 5.78. The Bertz CT molecular complexity index is 498. The molecule has 1 fully saturated rings. The third-order valence-electron chi connectivity index (χ3n) is 3.77. The number of amides is 3. The van der Waals surface area contributed by atoms with Crippen molar-refractivity contribution in [2.75, 3.05) is 13.1 Å². The van der Waals surface area contributed by atoms with Gasteiger partial charge in [-0.1, -0.05) is 44.2 Å². The van der Waals surface area contributed by atoms with Gasteiger partial charge in [-0.15, -0.1) is 0 Å².